The van der Waals surface area contributed by atoms with Crippen LogP contribution >= 0.6 is 11.6 Å². The van der Waals surface area contributed by atoms with Crippen LogP contribution in [0.3, 0.4) is 0 Å². The zero-order valence-corrected chi connectivity index (χ0v) is 15.3. The second-order valence-electron chi connectivity index (χ2n) is 6.06. The molecule has 1 amide bonds. The third-order valence-corrected chi connectivity index (χ3v) is 4.20. The number of hydrogen-bond donors (Lipinski definition) is 2. The third-order valence-electron chi connectivity index (χ3n) is 3.95. The van der Waals surface area contributed by atoms with E-state index < -0.39 is 0 Å². The number of carbonyl (C=O) groups excluding carboxylic acids is 1. The Hall–Kier alpha value is -2.85. The topological polar surface area (TPSA) is 54.0 Å². The Bertz CT molecular complexity index is 859. The molecule has 4 nitrogen and oxygen atoms in total. The van der Waals surface area contributed by atoms with Crippen molar-refractivity contribution in [1.82, 2.24) is 10.3 Å². The number of hydrogen-bond acceptors (Lipinski definition) is 3. The Morgan fingerprint density at radius 2 is 1.65 bits per heavy atom. The van der Waals surface area contributed by atoms with Crippen LogP contribution in [-0.4, -0.2) is 17.4 Å². The van der Waals surface area contributed by atoms with Gasteiger partial charge in [0.15, 0.2) is 0 Å². The summed E-state index contributed by atoms with van der Waals surface area (Å²) in [4.78, 5) is 16.4. The van der Waals surface area contributed by atoms with Crippen LogP contribution in [0, 0.1) is 6.92 Å². The molecule has 0 saturated carbocycles. The van der Waals surface area contributed by atoms with Crippen LogP contribution in [0.5, 0.6) is 0 Å². The molecule has 5 heteroatoms. The van der Waals surface area contributed by atoms with Crippen molar-refractivity contribution in [3.05, 3.63) is 88.7 Å². The normalized spacial score (nSPS) is 10.4. The maximum atomic E-state index is 12.2. The van der Waals surface area contributed by atoms with Crippen molar-refractivity contribution in [3.8, 4) is 0 Å². The van der Waals surface area contributed by atoms with E-state index in [1.807, 2.05) is 61.5 Å². The summed E-state index contributed by atoms with van der Waals surface area (Å²) in [6, 6.07) is 19.3. The maximum Gasteiger partial charge on any atom is 0.269 e. The van der Waals surface area contributed by atoms with Crippen molar-refractivity contribution < 1.29 is 4.79 Å². The monoisotopic (exact) mass is 365 g/mol. The van der Waals surface area contributed by atoms with Crippen molar-refractivity contribution in [3.63, 3.8) is 0 Å². The number of pyridine rings is 1. The van der Waals surface area contributed by atoms with E-state index in [9.17, 15) is 4.79 Å². The number of carbonyl (C=O) groups is 1. The molecule has 0 aliphatic carbocycles. The number of amides is 1. The van der Waals surface area contributed by atoms with Crippen molar-refractivity contribution in [2.45, 2.75) is 13.3 Å². The smallest absolute Gasteiger partial charge is 0.269 e. The predicted molar refractivity (Wildman–Crippen MR) is 106 cm³/mol. The van der Waals surface area contributed by atoms with Crippen LogP contribution in [0.4, 0.5) is 11.4 Å². The SMILES string of the molecule is Cc1ccc(Nc2ccc(C(=O)NCCc3ccc(Cl)cc3)nc2)cc1. The fourth-order valence-corrected chi connectivity index (χ4v) is 2.59. The highest BCUT2D eigenvalue weighted by Crippen LogP contribution is 2.16. The molecule has 1 aromatic heterocycles. The summed E-state index contributed by atoms with van der Waals surface area (Å²) in [5.41, 5.74) is 4.55. The van der Waals surface area contributed by atoms with Gasteiger partial charge in [-0.05, 0) is 55.3 Å². The standard InChI is InChI=1S/C21H20ClN3O/c1-15-2-8-18(9-3-15)25-19-10-11-20(24-14-19)21(26)23-13-12-16-4-6-17(22)7-5-16/h2-11,14,25H,12-13H2,1H3,(H,23,26). The Morgan fingerprint density at radius 3 is 2.31 bits per heavy atom. The number of anilines is 2. The van der Waals surface area contributed by atoms with Crippen molar-refractivity contribution >= 4 is 28.9 Å². The van der Waals surface area contributed by atoms with E-state index in [4.69, 9.17) is 11.6 Å². The van der Waals surface area contributed by atoms with E-state index in [-0.39, 0.29) is 5.91 Å². The summed E-state index contributed by atoms with van der Waals surface area (Å²) in [5.74, 6) is -0.180. The third kappa shape index (κ3) is 5.07. The molecule has 0 aliphatic rings. The molecular formula is C21H20ClN3O. The summed E-state index contributed by atoms with van der Waals surface area (Å²) in [6.07, 6.45) is 2.41. The first-order chi connectivity index (χ1) is 12.6. The molecule has 0 bridgehead atoms. The quantitative estimate of drug-likeness (QED) is 0.662. The second-order valence-corrected chi connectivity index (χ2v) is 6.49. The maximum absolute atomic E-state index is 12.2. The largest absolute Gasteiger partial charge is 0.354 e. The van der Waals surface area contributed by atoms with Crippen molar-refractivity contribution in [2.24, 2.45) is 0 Å². The molecule has 0 saturated heterocycles. The molecular weight excluding hydrogens is 346 g/mol. The van der Waals surface area contributed by atoms with Gasteiger partial charge in [0, 0.05) is 17.3 Å². The fraction of sp³-hybridized carbons (Fsp3) is 0.143. The fourth-order valence-electron chi connectivity index (χ4n) is 2.47. The number of benzene rings is 2. The molecule has 3 rings (SSSR count). The lowest BCUT2D eigenvalue weighted by Crippen LogP contribution is -2.26. The van der Waals surface area contributed by atoms with E-state index in [0.29, 0.717) is 17.3 Å². The molecule has 0 aliphatic heterocycles. The van der Waals surface area contributed by atoms with Gasteiger partial charge in [-0.2, -0.15) is 0 Å². The minimum atomic E-state index is -0.180. The summed E-state index contributed by atoms with van der Waals surface area (Å²) in [6.45, 7) is 2.59. The van der Waals surface area contributed by atoms with Crippen LogP contribution < -0.4 is 10.6 Å². The molecule has 0 fully saturated rings. The molecule has 2 aromatic carbocycles. The Balaban J connectivity index is 1.51. The van der Waals surface area contributed by atoms with Crippen molar-refractivity contribution in [1.29, 1.82) is 0 Å². The molecule has 26 heavy (non-hydrogen) atoms. The number of nitrogens with one attached hydrogen (secondary N) is 2. The van der Waals surface area contributed by atoms with Gasteiger partial charge in [0.2, 0.25) is 0 Å². The first-order valence-electron chi connectivity index (χ1n) is 8.42. The summed E-state index contributed by atoms with van der Waals surface area (Å²) in [5, 5.41) is 6.85. The van der Waals surface area contributed by atoms with Gasteiger partial charge in [-0.25, -0.2) is 4.98 Å². The molecule has 0 atom stereocenters. The highest BCUT2D eigenvalue weighted by Gasteiger charge is 2.06. The minimum absolute atomic E-state index is 0.180. The predicted octanol–water partition coefficient (Wildman–Crippen LogP) is 4.76. The zero-order valence-electron chi connectivity index (χ0n) is 14.5. The Labute approximate surface area is 158 Å². The Kier molecular flexibility index (Phi) is 5.87. The number of aromatic nitrogens is 1. The average molecular weight is 366 g/mol. The summed E-state index contributed by atoms with van der Waals surface area (Å²) >= 11 is 5.86. The van der Waals surface area contributed by atoms with Crippen LogP contribution in [0.25, 0.3) is 0 Å². The van der Waals surface area contributed by atoms with Gasteiger partial charge in [-0.1, -0.05) is 41.4 Å². The molecule has 3 aromatic rings. The molecule has 132 valence electrons. The lowest BCUT2D eigenvalue weighted by molar-refractivity contribution is 0.0949. The first kappa shape index (κ1) is 18.0. The number of nitrogens with zero attached hydrogens (tertiary/aromatic N) is 1. The molecule has 0 spiro atoms. The van der Waals surface area contributed by atoms with E-state index in [0.717, 1.165) is 23.4 Å². The van der Waals surface area contributed by atoms with Crippen LogP contribution in [0.2, 0.25) is 5.02 Å². The van der Waals surface area contributed by atoms with Crippen molar-refractivity contribution in [2.75, 3.05) is 11.9 Å². The highest BCUT2D eigenvalue weighted by atomic mass is 35.5. The highest BCUT2D eigenvalue weighted by molar-refractivity contribution is 6.30. The zero-order chi connectivity index (χ0) is 18.4. The number of rotatable bonds is 6. The summed E-state index contributed by atoms with van der Waals surface area (Å²) in [7, 11) is 0. The van der Waals surface area contributed by atoms with E-state index in [2.05, 4.69) is 15.6 Å². The van der Waals surface area contributed by atoms with E-state index >= 15 is 0 Å². The van der Waals surface area contributed by atoms with Gasteiger partial charge < -0.3 is 10.6 Å². The molecule has 2 N–H and O–H groups in total. The molecule has 0 unspecified atom stereocenters. The van der Waals surface area contributed by atoms with Gasteiger partial charge >= 0.3 is 0 Å². The van der Waals surface area contributed by atoms with Crippen LogP contribution in [-0.2, 0) is 6.42 Å². The van der Waals surface area contributed by atoms with Crippen LogP contribution in [0.15, 0.2) is 66.9 Å². The van der Waals surface area contributed by atoms with Gasteiger partial charge in [-0.15, -0.1) is 0 Å². The lowest BCUT2D eigenvalue weighted by Gasteiger charge is -2.08. The minimum Gasteiger partial charge on any atom is -0.354 e. The second kappa shape index (κ2) is 8.50. The van der Waals surface area contributed by atoms with Gasteiger partial charge in [0.25, 0.3) is 5.91 Å². The number of halogens is 1. The molecule has 0 radical (unpaired) electrons. The molecule has 1 heterocycles. The van der Waals surface area contributed by atoms with Gasteiger partial charge in [0.1, 0.15) is 5.69 Å². The lowest BCUT2D eigenvalue weighted by atomic mass is 10.1. The van der Waals surface area contributed by atoms with Gasteiger partial charge in [0.05, 0.1) is 11.9 Å². The summed E-state index contributed by atoms with van der Waals surface area (Å²) < 4.78 is 0. The number of aryl methyl sites for hydroxylation is 1. The van der Waals surface area contributed by atoms with Crippen LogP contribution in [0.1, 0.15) is 21.6 Å². The van der Waals surface area contributed by atoms with Gasteiger partial charge in [-0.3, -0.25) is 4.79 Å². The van der Waals surface area contributed by atoms with E-state index in [1.54, 1.807) is 12.3 Å². The Morgan fingerprint density at radius 1 is 0.962 bits per heavy atom. The average Bonchev–Trinajstić information content (AvgIpc) is 2.66. The van der Waals surface area contributed by atoms with E-state index in [1.165, 1.54) is 5.56 Å². The first-order valence-corrected chi connectivity index (χ1v) is 8.80.